The molecule has 0 spiro atoms. The van der Waals surface area contributed by atoms with Crippen LogP contribution in [0.4, 0.5) is 0 Å². The van der Waals surface area contributed by atoms with Gasteiger partial charge in [0.25, 0.3) is 18.1 Å². The first-order chi connectivity index (χ1) is 12.8. The smallest absolute Gasteiger partial charge is 0.262 e. The molecule has 12 heteroatoms. The van der Waals surface area contributed by atoms with Crippen molar-refractivity contribution in [2.24, 2.45) is 0 Å². The molecule has 0 saturated carbocycles. The van der Waals surface area contributed by atoms with Crippen LogP contribution in [0.25, 0.3) is 0 Å². The summed E-state index contributed by atoms with van der Waals surface area (Å²) in [5.74, 6) is -0.665. The van der Waals surface area contributed by atoms with Crippen LogP contribution in [0.3, 0.4) is 0 Å². The maximum atomic E-state index is 11.9. The second kappa shape index (κ2) is 8.76. The van der Waals surface area contributed by atoms with Crippen molar-refractivity contribution in [1.29, 1.82) is 0 Å². The normalized spacial score (nSPS) is 12.0. The van der Waals surface area contributed by atoms with Gasteiger partial charge in [-0.3, -0.25) is 9.59 Å². The van der Waals surface area contributed by atoms with Crippen LogP contribution in [0.15, 0.2) is 56.0 Å². The van der Waals surface area contributed by atoms with Crippen LogP contribution in [0.2, 0.25) is 0 Å². The van der Waals surface area contributed by atoms with Crippen LogP contribution in [-0.2, 0) is 18.1 Å². The number of hydrogen-bond acceptors (Lipinski definition) is 8. The molecule has 0 heterocycles. The summed E-state index contributed by atoms with van der Waals surface area (Å²) in [5.41, 5.74) is 0.340. The molecule has 6 nitrogen and oxygen atoms in total. The third-order valence-corrected chi connectivity index (χ3v) is 8.91. The average Bonchev–Trinajstić information content (AvgIpc) is 2.57. The molecule has 0 saturated heterocycles. The first kappa shape index (κ1) is 23.2. The van der Waals surface area contributed by atoms with Crippen molar-refractivity contribution in [2.45, 2.75) is 33.4 Å². The summed E-state index contributed by atoms with van der Waals surface area (Å²) in [7, 11) is 4.48. The molecule has 2 aromatic carbocycles. The quantitative estimate of drug-likeness (QED) is 0.306. The zero-order valence-corrected chi connectivity index (χ0v) is 19.1. The Hall–Kier alpha value is -1.04. The predicted molar refractivity (Wildman–Crippen MR) is 111 cm³/mol. The largest absolute Gasteiger partial charge is 0.295 e. The van der Waals surface area contributed by atoms with E-state index in [4.69, 9.17) is 21.4 Å². The Morgan fingerprint density at radius 2 is 1.04 bits per heavy atom. The van der Waals surface area contributed by atoms with E-state index in [9.17, 15) is 26.4 Å². The monoisotopic (exact) mass is 498 g/mol. The summed E-state index contributed by atoms with van der Waals surface area (Å²) < 4.78 is 47.5. The zero-order chi connectivity index (χ0) is 21.3. The summed E-state index contributed by atoms with van der Waals surface area (Å²) in [5, 5.41) is 0. The second-order valence-corrected chi connectivity index (χ2v) is 12.8. The van der Waals surface area contributed by atoms with E-state index in [1.54, 1.807) is 0 Å². The van der Waals surface area contributed by atoms with Crippen LogP contribution in [-0.4, -0.2) is 28.4 Å². The molecule has 0 aliphatic heterocycles. The Labute approximate surface area is 179 Å². The van der Waals surface area contributed by atoms with E-state index in [1.807, 2.05) is 0 Å². The van der Waals surface area contributed by atoms with Gasteiger partial charge in [0.15, 0.2) is 11.6 Å². The Morgan fingerprint density at radius 1 is 0.714 bits per heavy atom. The zero-order valence-electron chi connectivity index (χ0n) is 14.3. The minimum atomic E-state index is -4.15. The van der Waals surface area contributed by atoms with Crippen molar-refractivity contribution >= 4 is 72.6 Å². The minimum Gasteiger partial charge on any atom is -0.295 e. The van der Waals surface area contributed by atoms with E-state index >= 15 is 0 Å². The molecule has 0 aromatic heterocycles. The lowest BCUT2D eigenvalue weighted by Gasteiger charge is -2.10. The van der Waals surface area contributed by atoms with E-state index in [0.717, 1.165) is 33.7 Å². The lowest BCUT2D eigenvalue weighted by atomic mass is 10.1. The standard InChI is InChI=1S/C16H12Cl2O6S4/c1-9(19)11-3-5-13(15(7-11)27(17,21)22)25-26-14-6-4-12(10(2)20)8-16(14)28(18,23)24/h3-8H,1-2H3. The van der Waals surface area contributed by atoms with Gasteiger partial charge in [-0.15, -0.1) is 0 Å². The SMILES string of the molecule is CC(=O)c1ccc(SSc2ccc(C(C)=O)cc2S(=O)(=O)Cl)c(S(=O)(=O)Cl)c1. The number of carbonyl (C=O) groups excluding carboxylic acids is 2. The predicted octanol–water partition coefficient (Wildman–Crippen LogP) is 4.75. The number of halogens is 2. The summed E-state index contributed by atoms with van der Waals surface area (Å²) in [6.07, 6.45) is 0. The summed E-state index contributed by atoms with van der Waals surface area (Å²) in [4.78, 5) is 22.9. The van der Waals surface area contributed by atoms with Crippen LogP contribution >= 0.6 is 43.0 Å². The molecule has 28 heavy (non-hydrogen) atoms. The highest BCUT2D eigenvalue weighted by Crippen LogP contribution is 2.44. The van der Waals surface area contributed by atoms with Gasteiger partial charge in [-0.1, -0.05) is 33.7 Å². The lowest BCUT2D eigenvalue weighted by molar-refractivity contribution is 0.100. The van der Waals surface area contributed by atoms with Crippen LogP contribution in [0, 0.1) is 0 Å². The number of benzene rings is 2. The fourth-order valence-corrected chi connectivity index (χ4v) is 7.60. The number of rotatable bonds is 7. The highest BCUT2D eigenvalue weighted by molar-refractivity contribution is 8.76. The van der Waals surface area contributed by atoms with Gasteiger partial charge in [-0.2, -0.15) is 0 Å². The third-order valence-electron chi connectivity index (χ3n) is 3.45. The second-order valence-electron chi connectivity index (χ2n) is 5.48. The molecule has 2 aromatic rings. The Kier molecular flexibility index (Phi) is 7.27. The number of carbonyl (C=O) groups is 2. The van der Waals surface area contributed by atoms with Crippen molar-refractivity contribution in [3.05, 3.63) is 47.5 Å². The van der Waals surface area contributed by atoms with Crippen LogP contribution in [0.5, 0.6) is 0 Å². The van der Waals surface area contributed by atoms with Gasteiger partial charge in [0.1, 0.15) is 0 Å². The molecule has 2 rings (SSSR count). The van der Waals surface area contributed by atoms with Gasteiger partial charge in [0, 0.05) is 42.3 Å². The first-order valence-corrected chi connectivity index (χ1v) is 14.1. The molecule has 0 aliphatic rings. The van der Waals surface area contributed by atoms with Gasteiger partial charge in [0.05, 0.1) is 9.79 Å². The molecule has 0 atom stereocenters. The van der Waals surface area contributed by atoms with E-state index in [1.165, 1.54) is 38.1 Å². The molecule has 0 unspecified atom stereocenters. The highest BCUT2D eigenvalue weighted by atomic mass is 35.7. The van der Waals surface area contributed by atoms with Gasteiger partial charge < -0.3 is 0 Å². The number of ketones is 2. The van der Waals surface area contributed by atoms with Gasteiger partial charge in [-0.05, 0) is 38.1 Å². The minimum absolute atomic E-state index is 0.170. The fourth-order valence-electron chi connectivity index (χ4n) is 2.06. The molecule has 0 radical (unpaired) electrons. The number of Topliss-reactive ketones (excluding diaryl/α,β-unsaturated/α-hetero) is 2. The van der Waals surface area contributed by atoms with E-state index < -0.39 is 18.1 Å². The van der Waals surface area contributed by atoms with E-state index in [-0.39, 0.29) is 42.3 Å². The highest BCUT2D eigenvalue weighted by Gasteiger charge is 2.22. The molecule has 0 amide bonds. The fraction of sp³-hybridized carbons (Fsp3) is 0.125. The van der Waals surface area contributed by atoms with Crippen molar-refractivity contribution < 1.29 is 26.4 Å². The van der Waals surface area contributed by atoms with Crippen molar-refractivity contribution in [3.63, 3.8) is 0 Å². The Morgan fingerprint density at radius 3 is 1.29 bits per heavy atom. The molecule has 0 bridgehead atoms. The van der Waals surface area contributed by atoms with Crippen molar-refractivity contribution in [3.8, 4) is 0 Å². The molecular formula is C16H12Cl2O6S4. The van der Waals surface area contributed by atoms with Gasteiger partial charge in [0.2, 0.25) is 0 Å². The van der Waals surface area contributed by atoms with Gasteiger partial charge in [-0.25, -0.2) is 16.8 Å². The van der Waals surface area contributed by atoms with Crippen molar-refractivity contribution in [1.82, 2.24) is 0 Å². The molecule has 0 aliphatic carbocycles. The van der Waals surface area contributed by atoms with E-state index in [2.05, 4.69) is 0 Å². The first-order valence-electron chi connectivity index (χ1n) is 7.34. The topological polar surface area (TPSA) is 102 Å². The lowest BCUT2D eigenvalue weighted by Crippen LogP contribution is -2.00. The summed E-state index contributed by atoms with van der Waals surface area (Å²) in [6, 6.07) is 8.01. The summed E-state index contributed by atoms with van der Waals surface area (Å²) in [6.45, 7) is 2.57. The molecule has 0 N–H and O–H groups in total. The molecular weight excluding hydrogens is 487 g/mol. The Bertz CT molecular complexity index is 1080. The van der Waals surface area contributed by atoms with Crippen LogP contribution < -0.4 is 0 Å². The molecule has 0 fully saturated rings. The van der Waals surface area contributed by atoms with Crippen molar-refractivity contribution in [2.75, 3.05) is 0 Å². The average molecular weight is 499 g/mol. The maximum absolute atomic E-state index is 11.9. The Balaban J connectivity index is 2.47. The van der Waals surface area contributed by atoms with E-state index in [0.29, 0.717) is 0 Å². The maximum Gasteiger partial charge on any atom is 0.262 e. The van der Waals surface area contributed by atoms with Gasteiger partial charge >= 0.3 is 0 Å². The number of hydrogen-bond donors (Lipinski definition) is 0. The molecule has 150 valence electrons. The summed E-state index contributed by atoms with van der Waals surface area (Å²) >= 11 is 0. The van der Waals surface area contributed by atoms with Crippen LogP contribution in [0.1, 0.15) is 34.6 Å². The third kappa shape index (κ3) is 5.74.